The smallest absolute Gasteiger partial charge is 0.119 e. The number of benzene rings is 2. The highest BCUT2D eigenvalue weighted by Gasteiger charge is 2.07. The quantitative estimate of drug-likeness (QED) is 0.891. The van der Waals surface area contributed by atoms with Crippen LogP contribution in [0.5, 0.6) is 5.75 Å². The molecular formula is C16H15NO2. The first-order valence-corrected chi connectivity index (χ1v) is 6.11. The average molecular weight is 253 g/mol. The Morgan fingerprint density at radius 1 is 1.05 bits per heavy atom. The molecule has 0 saturated carbocycles. The van der Waals surface area contributed by atoms with E-state index >= 15 is 0 Å². The van der Waals surface area contributed by atoms with Gasteiger partial charge in [0.1, 0.15) is 18.5 Å². The lowest BCUT2D eigenvalue weighted by molar-refractivity contribution is 0.108. The van der Waals surface area contributed by atoms with Gasteiger partial charge in [0.2, 0.25) is 0 Å². The fourth-order valence-corrected chi connectivity index (χ4v) is 1.74. The fraction of sp³-hybridized carbons (Fsp3) is 0.188. The van der Waals surface area contributed by atoms with Crippen molar-refractivity contribution >= 4 is 0 Å². The topological polar surface area (TPSA) is 53.2 Å². The second kappa shape index (κ2) is 6.58. The summed E-state index contributed by atoms with van der Waals surface area (Å²) in [5.41, 5.74) is 1.79. The fourth-order valence-electron chi connectivity index (χ4n) is 1.74. The van der Waals surface area contributed by atoms with Gasteiger partial charge >= 0.3 is 0 Å². The Kier molecular flexibility index (Phi) is 4.54. The predicted octanol–water partition coefficient (Wildman–Crippen LogP) is 2.87. The molecule has 3 heteroatoms. The van der Waals surface area contributed by atoms with E-state index in [0.717, 1.165) is 11.1 Å². The number of aliphatic hydroxyl groups is 1. The summed E-state index contributed by atoms with van der Waals surface area (Å²) in [6.07, 6.45) is -0.243. The standard InChI is InChI=1S/C16H15NO2/c17-11-10-13-6-8-15(9-7-13)19-12-16(18)14-4-2-1-3-5-14/h1-9,16,18H,10,12H2. The maximum atomic E-state index is 9.95. The monoisotopic (exact) mass is 253 g/mol. The van der Waals surface area contributed by atoms with Crippen molar-refractivity contribution in [3.8, 4) is 11.8 Å². The zero-order valence-corrected chi connectivity index (χ0v) is 10.5. The molecule has 0 aromatic heterocycles. The summed E-state index contributed by atoms with van der Waals surface area (Å²) in [5, 5.41) is 18.5. The van der Waals surface area contributed by atoms with Crippen molar-refractivity contribution in [3.63, 3.8) is 0 Å². The van der Waals surface area contributed by atoms with E-state index in [-0.39, 0.29) is 6.61 Å². The van der Waals surface area contributed by atoms with Crippen LogP contribution in [0.2, 0.25) is 0 Å². The van der Waals surface area contributed by atoms with Gasteiger partial charge in [-0.25, -0.2) is 0 Å². The molecule has 0 aliphatic rings. The minimum atomic E-state index is -0.639. The van der Waals surface area contributed by atoms with Gasteiger partial charge in [0.05, 0.1) is 12.5 Å². The highest BCUT2D eigenvalue weighted by atomic mass is 16.5. The van der Waals surface area contributed by atoms with Gasteiger partial charge in [-0.1, -0.05) is 42.5 Å². The first-order chi connectivity index (χ1) is 9.29. The van der Waals surface area contributed by atoms with E-state index in [4.69, 9.17) is 10.00 Å². The lowest BCUT2D eigenvalue weighted by atomic mass is 10.1. The SMILES string of the molecule is N#CCc1ccc(OCC(O)c2ccccc2)cc1. The second-order valence-electron chi connectivity index (χ2n) is 4.22. The predicted molar refractivity (Wildman–Crippen MR) is 72.7 cm³/mol. The summed E-state index contributed by atoms with van der Waals surface area (Å²) in [7, 11) is 0. The largest absolute Gasteiger partial charge is 0.491 e. The van der Waals surface area contributed by atoms with Crippen molar-refractivity contribution in [1.82, 2.24) is 0 Å². The van der Waals surface area contributed by atoms with Gasteiger partial charge < -0.3 is 9.84 Å². The van der Waals surface area contributed by atoms with Crippen molar-refractivity contribution in [1.29, 1.82) is 5.26 Å². The molecule has 2 rings (SSSR count). The van der Waals surface area contributed by atoms with Crippen LogP contribution in [0.4, 0.5) is 0 Å². The molecule has 0 bridgehead atoms. The Hall–Kier alpha value is -2.31. The van der Waals surface area contributed by atoms with E-state index in [1.807, 2.05) is 54.6 Å². The van der Waals surface area contributed by atoms with Gasteiger partial charge in [-0.2, -0.15) is 5.26 Å². The molecule has 19 heavy (non-hydrogen) atoms. The van der Waals surface area contributed by atoms with E-state index in [1.165, 1.54) is 0 Å². The van der Waals surface area contributed by atoms with Crippen LogP contribution < -0.4 is 4.74 Å². The van der Waals surface area contributed by atoms with Crippen LogP contribution in [0, 0.1) is 11.3 Å². The van der Waals surface area contributed by atoms with E-state index < -0.39 is 6.10 Å². The van der Waals surface area contributed by atoms with Crippen molar-refractivity contribution < 1.29 is 9.84 Å². The number of nitrogens with zero attached hydrogens (tertiary/aromatic N) is 1. The molecule has 0 spiro atoms. The molecule has 0 saturated heterocycles. The van der Waals surface area contributed by atoms with Crippen LogP contribution in [0.3, 0.4) is 0 Å². The number of hydrogen-bond donors (Lipinski definition) is 1. The third-order valence-corrected chi connectivity index (χ3v) is 2.80. The van der Waals surface area contributed by atoms with Gasteiger partial charge in [-0.15, -0.1) is 0 Å². The minimum absolute atomic E-state index is 0.210. The van der Waals surface area contributed by atoms with Gasteiger partial charge in [0.15, 0.2) is 0 Å². The van der Waals surface area contributed by atoms with Crippen molar-refractivity contribution in [2.75, 3.05) is 6.61 Å². The molecule has 0 radical (unpaired) electrons. The lowest BCUT2D eigenvalue weighted by Crippen LogP contribution is -2.09. The van der Waals surface area contributed by atoms with Gasteiger partial charge in [-0.05, 0) is 23.3 Å². The molecule has 0 aliphatic carbocycles. The van der Waals surface area contributed by atoms with Crippen molar-refractivity contribution in [2.24, 2.45) is 0 Å². The molecule has 96 valence electrons. The summed E-state index contributed by atoms with van der Waals surface area (Å²) >= 11 is 0. The summed E-state index contributed by atoms with van der Waals surface area (Å²) in [6.45, 7) is 0.210. The van der Waals surface area contributed by atoms with Crippen LogP contribution in [-0.2, 0) is 6.42 Å². The van der Waals surface area contributed by atoms with Gasteiger partial charge in [-0.3, -0.25) is 0 Å². The molecule has 0 aliphatic heterocycles. The first-order valence-electron chi connectivity index (χ1n) is 6.11. The first kappa shape index (κ1) is 13.1. The molecule has 2 aromatic carbocycles. The lowest BCUT2D eigenvalue weighted by Gasteiger charge is -2.12. The Bertz CT molecular complexity index is 543. The zero-order valence-electron chi connectivity index (χ0n) is 10.5. The maximum Gasteiger partial charge on any atom is 0.119 e. The van der Waals surface area contributed by atoms with E-state index in [0.29, 0.717) is 12.2 Å². The molecule has 2 aromatic rings. The summed E-state index contributed by atoms with van der Waals surface area (Å²) in [6, 6.07) is 18.8. The van der Waals surface area contributed by atoms with E-state index in [9.17, 15) is 5.11 Å². The van der Waals surface area contributed by atoms with Crippen LogP contribution in [0.15, 0.2) is 54.6 Å². The van der Waals surface area contributed by atoms with Crippen molar-refractivity contribution in [2.45, 2.75) is 12.5 Å². The number of hydrogen-bond acceptors (Lipinski definition) is 3. The summed E-state index contributed by atoms with van der Waals surface area (Å²) < 4.78 is 5.52. The van der Waals surface area contributed by atoms with E-state index in [2.05, 4.69) is 6.07 Å². The van der Waals surface area contributed by atoms with Gasteiger partial charge in [0.25, 0.3) is 0 Å². The molecule has 1 unspecified atom stereocenters. The van der Waals surface area contributed by atoms with Crippen LogP contribution in [0.25, 0.3) is 0 Å². The number of nitriles is 1. The normalized spacial score (nSPS) is 11.6. The highest BCUT2D eigenvalue weighted by molar-refractivity contribution is 5.29. The Balaban J connectivity index is 1.90. The maximum absolute atomic E-state index is 9.95. The number of aliphatic hydroxyl groups excluding tert-OH is 1. The van der Waals surface area contributed by atoms with Gasteiger partial charge in [0, 0.05) is 0 Å². The Labute approximate surface area is 112 Å². The van der Waals surface area contributed by atoms with Crippen LogP contribution >= 0.6 is 0 Å². The Morgan fingerprint density at radius 2 is 1.74 bits per heavy atom. The number of rotatable bonds is 5. The third kappa shape index (κ3) is 3.84. The third-order valence-electron chi connectivity index (χ3n) is 2.80. The molecule has 3 nitrogen and oxygen atoms in total. The second-order valence-corrected chi connectivity index (χ2v) is 4.22. The molecule has 1 N–H and O–H groups in total. The highest BCUT2D eigenvalue weighted by Crippen LogP contribution is 2.17. The minimum Gasteiger partial charge on any atom is -0.491 e. The molecule has 1 atom stereocenters. The average Bonchev–Trinajstić information content (AvgIpc) is 2.47. The van der Waals surface area contributed by atoms with Crippen LogP contribution in [0.1, 0.15) is 17.2 Å². The van der Waals surface area contributed by atoms with E-state index in [1.54, 1.807) is 0 Å². The molecular weight excluding hydrogens is 238 g/mol. The van der Waals surface area contributed by atoms with Crippen LogP contribution in [-0.4, -0.2) is 11.7 Å². The molecule has 0 fully saturated rings. The summed E-state index contributed by atoms with van der Waals surface area (Å²) in [5.74, 6) is 0.691. The number of ether oxygens (including phenoxy) is 1. The molecule has 0 amide bonds. The van der Waals surface area contributed by atoms with Crippen molar-refractivity contribution in [3.05, 3.63) is 65.7 Å². The summed E-state index contributed by atoms with van der Waals surface area (Å²) in [4.78, 5) is 0. The Morgan fingerprint density at radius 3 is 2.37 bits per heavy atom. The zero-order chi connectivity index (χ0) is 13.5. The molecule has 0 heterocycles.